The number of hydrogen-bond donors (Lipinski definition) is 0. The fourth-order valence-corrected chi connectivity index (χ4v) is 3.28. The molecule has 1 amide bonds. The van der Waals surface area contributed by atoms with E-state index >= 15 is 0 Å². The van der Waals surface area contributed by atoms with Gasteiger partial charge < -0.3 is 9.32 Å². The maximum Gasteiger partial charge on any atom is 0.254 e. The van der Waals surface area contributed by atoms with E-state index in [9.17, 15) is 4.79 Å². The van der Waals surface area contributed by atoms with Crippen molar-refractivity contribution < 1.29 is 9.21 Å². The molecular weight excluding hydrogens is 306 g/mol. The van der Waals surface area contributed by atoms with Crippen molar-refractivity contribution in [1.82, 2.24) is 4.90 Å². The second-order valence-corrected chi connectivity index (χ2v) is 6.47. The number of furan rings is 1. The van der Waals surface area contributed by atoms with Gasteiger partial charge in [-0.15, -0.1) is 0 Å². The SMILES string of the molecule is Cc1ccc(C(=O)N(Cc2ccsc2)Cc2ccco2)c(C)c1. The summed E-state index contributed by atoms with van der Waals surface area (Å²) in [7, 11) is 0. The fraction of sp³-hybridized carbons (Fsp3) is 0.211. The van der Waals surface area contributed by atoms with Crippen molar-refractivity contribution in [3.05, 3.63) is 81.4 Å². The molecule has 0 aliphatic carbocycles. The number of carbonyl (C=O) groups is 1. The summed E-state index contributed by atoms with van der Waals surface area (Å²) >= 11 is 1.64. The van der Waals surface area contributed by atoms with Crippen LogP contribution < -0.4 is 0 Å². The molecule has 0 unspecified atom stereocenters. The van der Waals surface area contributed by atoms with E-state index in [1.54, 1.807) is 17.6 Å². The summed E-state index contributed by atoms with van der Waals surface area (Å²) in [5.74, 6) is 0.823. The van der Waals surface area contributed by atoms with E-state index in [4.69, 9.17) is 4.42 Å². The predicted molar refractivity (Wildman–Crippen MR) is 92.5 cm³/mol. The quantitative estimate of drug-likeness (QED) is 0.675. The second-order valence-electron chi connectivity index (χ2n) is 5.69. The molecule has 2 aromatic heterocycles. The van der Waals surface area contributed by atoms with Crippen molar-refractivity contribution in [3.8, 4) is 0 Å². The van der Waals surface area contributed by atoms with Crippen LogP contribution in [0.2, 0.25) is 0 Å². The largest absolute Gasteiger partial charge is 0.467 e. The number of amides is 1. The Morgan fingerprint density at radius 2 is 2.04 bits per heavy atom. The highest BCUT2D eigenvalue weighted by Gasteiger charge is 2.19. The average molecular weight is 325 g/mol. The molecule has 0 aliphatic heterocycles. The Balaban J connectivity index is 1.88. The Bertz CT molecular complexity index is 740. The van der Waals surface area contributed by atoms with Crippen LogP contribution in [0, 0.1) is 13.8 Å². The minimum absolute atomic E-state index is 0.0325. The number of carbonyl (C=O) groups excluding carboxylic acids is 1. The highest BCUT2D eigenvalue weighted by molar-refractivity contribution is 7.07. The highest BCUT2D eigenvalue weighted by Crippen LogP contribution is 2.19. The summed E-state index contributed by atoms with van der Waals surface area (Å²) in [6.45, 7) is 5.06. The first-order chi connectivity index (χ1) is 11.1. The molecule has 1 aromatic carbocycles. The van der Waals surface area contributed by atoms with Crippen molar-refractivity contribution in [2.75, 3.05) is 0 Å². The molecule has 118 valence electrons. The Labute approximate surface area is 140 Å². The van der Waals surface area contributed by atoms with Gasteiger partial charge in [-0.2, -0.15) is 11.3 Å². The molecule has 3 nitrogen and oxygen atoms in total. The normalized spacial score (nSPS) is 10.7. The van der Waals surface area contributed by atoms with E-state index in [2.05, 4.69) is 11.4 Å². The molecule has 0 fully saturated rings. The zero-order valence-electron chi connectivity index (χ0n) is 13.3. The highest BCUT2D eigenvalue weighted by atomic mass is 32.1. The summed E-state index contributed by atoms with van der Waals surface area (Å²) in [6, 6.07) is 11.7. The summed E-state index contributed by atoms with van der Waals surface area (Å²) < 4.78 is 5.43. The molecule has 0 N–H and O–H groups in total. The zero-order valence-corrected chi connectivity index (χ0v) is 14.1. The molecule has 4 heteroatoms. The third-order valence-corrected chi connectivity index (χ3v) is 4.51. The zero-order chi connectivity index (χ0) is 16.2. The summed E-state index contributed by atoms with van der Waals surface area (Å²) in [4.78, 5) is 14.8. The molecule has 0 spiro atoms. The van der Waals surface area contributed by atoms with E-state index < -0.39 is 0 Å². The number of benzene rings is 1. The van der Waals surface area contributed by atoms with Gasteiger partial charge in [0.2, 0.25) is 0 Å². The summed E-state index contributed by atoms with van der Waals surface area (Å²) in [5, 5.41) is 4.10. The average Bonchev–Trinajstić information content (AvgIpc) is 3.19. The van der Waals surface area contributed by atoms with Gasteiger partial charge in [-0.1, -0.05) is 17.7 Å². The van der Waals surface area contributed by atoms with Crippen LogP contribution in [0.15, 0.2) is 57.8 Å². The molecule has 23 heavy (non-hydrogen) atoms. The van der Waals surface area contributed by atoms with E-state index in [1.165, 1.54) is 0 Å². The van der Waals surface area contributed by atoms with Crippen LogP contribution in [0.1, 0.15) is 32.8 Å². The van der Waals surface area contributed by atoms with Crippen molar-refractivity contribution in [2.45, 2.75) is 26.9 Å². The van der Waals surface area contributed by atoms with Crippen LogP contribution in [0.5, 0.6) is 0 Å². The summed E-state index contributed by atoms with van der Waals surface area (Å²) in [5.41, 5.74) is 4.05. The van der Waals surface area contributed by atoms with Crippen LogP contribution in [-0.4, -0.2) is 10.8 Å². The molecule has 0 bridgehead atoms. The molecule has 3 aromatic rings. The minimum Gasteiger partial charge on any atom is -0.467 e. The molecular formula is C19H19NO2S. The fourth-order valence-electron chi connectivity index (χ4n) is 2.62. The number of thiophene rings is 1. The van der Waals surface area contributed by atoms with Crippen LogP contribution in [0.3, 0.4) is 0 Å². The van der Waals surface area contributed by atoms with Gasteiger partial charge in [-0.25, -0.2) is 0 Å². The third-order valence-electron chi connectivity index (χ3n) is 3.78. The number of rotatable bonds is 5. The van der Waals surface area contributed by atoms with Crippen molar-refractivity contribution in [2.24, 2.45) is 0 Å². The number of nitrogens with zero attached hydrogens (tertiary/aromatic N) is 1. The van der Waals surface area contributed by atoms with E-state index in [0.717, 1.165) is 28.0 Å². The first kappa shape index (κ1) is 15.6. The van der Waals surface area contributed by atoms with Crippen LogP contribution >= 0.6 is 11.3 Å². The molecule has 0 radical (unpaired) electrons. The van der Waals surface area contributed by atoms with Gasteiger partial charge in [0.1, 0.15) is 5.76 Å². The Morgan fingerprint density at radius 1 is 1.17 bits per heavy atom. The Morgan fingerprint density at radius 3 is 2.70 bits per heavy atom. The van der Waals surface area contributed by atoms with Gasteiger partial charge in [-0.05, 0) is 60.0 Å². The third kappa shape index (κ3) is 3.71. The lowest BCUT2D eigenvalue weighted by atomic mass is 10.0. The Kier molecular flexibility index (Phi) is 4.63. The standard InChI is InChI=1S/C19H19NO2S/c1-14-5-6-18(15(2)10-14)19(21)20(11-16-7-9-23-13-16)12-17-4-3-8-22-17/h3-10,13H,11-12H2,1-2H3. The molecule has 0 aliphatic rings. The summed E-state index contributed by atoms with van der Waals surface area (Å²) in [6.07, 6.45) is 1.64. The topological polar surface area (TPSA) is 33.5 Å². The molecule has 0 saturated heterocycles. The van der Waals surface area contributed by atoms with Gasteiger partial charge in [0.25, 0.3) is 5.91 Å². The van der Waals surface area contributed by atoms with Crippen molar-refractivity contribution in [1.29, 1.82) is 0 Å². The van der Waals surface area contributed by atoms with Gasteiger partial charge >= 0.3 is 0 Å². The van der Waals surface area contributed by atoms with E-state index in [0.29, 0.717) is 13.1 Å². The maximum atomic E-state index is 13.0. The van der Waals surface area contributed by atoms with E-state index in [-0.39, 0.29) is 5.91 Å². The smallest absolute Gasteiger partial charge is 0.254 e. The van der Waals surface area contributed by atoms with Gasteiger partial charge in [0.15, 0.2) is 0 Å². The Hall–Kier alpha value is -2.33. The monoisotopic (exact) mass is 325 g/mol. The van der Waals surface area contributed by atoms with Gasteiger partial charge in [-0.3, -0.25) is 4.79 Å². The second kappa shape index (κ2) is 6.84. The van der Waals surface area contributed by atoms with Crippen LogP contribution in [0.25, 0.3) is 0 Å². The lowest BCUT2D eigenvalue weighted by Crippen LogP contribution is -2.30. The number of aryl methyl sites for hydroxylation is 2. The molecule has 0 saturated carbocycles. The van der Waals surface area contributed by atoms with Crippen molar-refractivity contribution in [3.63, 3.8) is 0 Å². The van der Waals surface area contributed by atoms with Crippen LogP contribution in [0.4, 0.5) is 0 Å². The molecule has 0 atom stereocenters. The molecule has 3 rings (SSSR count). The maximum absolute atomic E-state index is 13.0. The van der Waals surface area contributed by atoms with E-state index in [1.807, 2.05) is 54.5 Å². The predicted octanol–water partition coefficient (Wildman–Crippen LogP) is 4.80. The number of hydrogen-bond acceptors (Lipinski definition) is 3. The molecule has 2 heterocycles. The first-order valence-corrected chi connectivity index (χ1v) is 8.48. The van der Waals surface area contributed by atoms with Crippen molar-refractivity contribution >= 4 is 17.2 Å². The lowest BCUT2D eigenvalue weighted by molar-refractivity contribution is 0.0717. The van der Waals surface area contributed by atoms with Crippen LogP contribution in [-0.2, 0) is 13.1 Å². The van der Waals surface area contributed by atoms with Gasteiger partial charge in [0, 0.05) is 12.1 Å². The first-order valence-electron chi connectivity index (χ1n) is 7.53. The lowest BCUT2D eigenvalue weighted by Gasteiger charge is -2.22. The minimum atomic E-state index is 0.0325. The van der Waals surface area contributed by atoms with Gasteiger partial charge in [0.05, 0.1) is 12.8 Å².